The highest BCUT2D eigenvalue weighted by Crippen LogP contribution is 2.39. The lowest BCUT2D eigenvalue weighted by Gasteiger charge is -2.19. The van der Waals surface area contributed by atoms with E-state index in [0.29, 0.717) is 23.6 Å². The normalized spacial score (nSPS) is 13.6. The van der Waals surface area contributed by atoms with Crippen LogP contribution in [0.25, 0.3) is 5.57 Å². The van der Waals surface area contributed by atoms with Gasteiger partial charge in [0.1, 0.15) is 11.4 Å². The summed E-state index contributed by atoms with van der Waals surface area (Å²) in [6.45, 7) is 10.5. The van der Waals surface area contributed by atoms with Crippen LogP contribution >= 0.6 is 0 Å². The third kappa shape index (κ3) is 4.34. The number of carbonyl (C=O) groups is 2. The average molecular weight is 455 g/mol. The first-order valence-corrected chi connectivity index (χ1v) is 11.6. The molecule has 0 atom stereocenters. The Balaban J connectivity index is 1.87. The second kappa shape index (κ2) is 9.56. The first-order chi connectivity index (χ1) is 16.3. The molecule has 34 heavy (non-hydrogen) atoms. The maximum absolute atomic E-state index is 13.9. The van der Waals surface area contributed by atoms with Crippen molar-refractivity contribution in [2.75, 3.05) is 16.8 Å². The minimum Gasteiger partial charge on any atom is -0.491 e. The van der Waals surface area contributed by atoms with Gasteiger partial charge in [-0.05, 0) is 74.6 Å². The number of amides is 2. The van der Waals surface area contributed by atoms with Crippen molar-refractivity contribution >= 4 is 28.8 Å². The molecule has 1 aliphatic heterocycles. The SMILES string of the molecule is CCCOc1ccccc1N1C(=O)C(Nc2cc(C)ccc2C)=C(c2ccc(C)cc2C)C1=O. The number of carbonyl (C=O) groups excluding carboxylic acids is 2. The number of hydrogen-bond acceptors (Lipinski definition) is 4. The van der Waals surface area contributed by atoms with Gasteiger partial charge in [0.2, 0.25) is 0 Å². The van der Waals surface area contributed by atoms with Gasteiger partial charge >= 0.3 is 0 Å². The van der Waals surface area contributed by atoms with E-state index in [0.717, 1.165) is 39.9 Å². The Morgan fingerprint density at radius 1 is 0.824 bits per heavy atom. The number of imide groups is 1. The van der Waals surface area contributed by atoms with Gasteiger partial charge in [-0.15, -0.1) is 0 Å². The highest BCUT2D eigenvalue weighted by molar-refractivity contribution is 6.46. The summed E-state index contributed by atoms with van der Waals surface area (Å²) >= 11 is 0. The van der Waals surface area contributed by atoms with E-state index in [1.807, 2.05) is 83.1 Å². The van der Waals surface area contributed by atoms with Crippen LogP contribution in [0, 0.1) is 27.7 Å². The zero-order valence-electron chi connectivity index (χ0n) is 20.4. The van der Waals surface area contributed by atoms with Crippen LogP contribution in [0.15, 0.2) is 66.4 Å². The third-order valence-corrected chi connectivity index (χ3v) is 5.96. The number of anilines is 2. The molecule has 0 bridgehead atoms. The van der Waals surface area contributed by atoms with E-state index in [1.165, 1.54) is 4.90 Å². The summed E-state index contributed by atoms with van der Waals surface area (Å²) in [5.41, 5.74) is 6.72. The summed E-state index contributed by atoms with van der Waals surface area (Å²) in [6.07, 6.45) is 0.821. The molecule has 0 aliphatic carbocycles. The van der Waals surface area contributed by atoms with Crippen LogP contribution in [0.4, 0.5) is 11.4 Å². The van der Waals surface area contributed by atoms with Crippen molar-refractivity contribution in [3.05, 3.63) is 94.2 Å². The van der Waals surface area contributed by atoms with Gasteiger partial charge in [-0.2, -0.15) is 0 Å². The lowest BCUT2D eigenvalue weighted by Crippen LogP contribution is -2.32. The summed E-state index contributed by atoms with van der Waals surface area (Å²) in [7, 11) is 0. The predicted molar refractivity (Wildman–Crippen MR) is 137 cm³/mol. The van der Waals surface area contributed by atoms with E-state index in [9.17, 15) is 9.59 Å². The van der Waals surface area contributed by atoms with Gasteiger partial charge < -0.3 is 10.1 Å². The summed E-state index contributed by atoms with van der Waals surface area (Å²) in [4.78, 5) is 28.9. The zero-order chi connectivity index (χ0) is 24.4. The average Bonchev–Trinajstić information content (AvgIpc) is 3.04. The summed E-state index contributed by atoms with van der Waals surface area (Å²) in [5.74, 6) is -0.246. The minimum atomic E-state index is -0.395. The van der Waals surface area contributed by atoms with Crippen LogP contribution in [-0.2, 0) is 9.59 Å². The van der Waals surface area contributed by atoms with Gasteiger partial charge in [-0.1, -0.05) is 55.0 Å². The molecule has 3 aromatic carbocycles. The van der Waals surface area contributed by atoms with Crippen molar-refractivity contribution in [3.8, 4) is 5.75 Å². The van der Waals surface area contributed by atoms with E-state index < -0.39 is 5.91 Å². The highest BCUT2D eigenvalue weighted by Gasteiger charge is 2.42. The summed E-state index contributed by atoms with van der Waals surface area (Å²) < 4.78 is 5.88. The minimum absolute atomic E-state index is 0.274. The van der Waals surface area contributed by atoms with Crippen LogP contribution in [-0.4, -0.2) is 18.4 Å². The van der Waals surface area contributed by atoms with Crippen LogP contribution in [0.1, 0.15) is 41.2 Å². The molecular formula is C29H30N2O3. The second-order valence-electron chi connectivity index (χ2n) is 8.77. The Bertz CT molecular complexity index is 1310. The number of para-hydroxylation sites is 2. The first kappa shape index (κ1) is 23.3. The highest BCUT2D eigenvalue weighted by atomic mass is 16.5. The Morgan fingerprint density at radius 3 is 2.26 bits per heavy atom. The Labute approximate surface area is 201 Å². The molecule has 3 aromatic rings. The zero-order valence-corrected chi connectivity index (χ0v) is 20.4. The first-order valence-electron chi connectivity index (χ1n) is 11.6. The molecule has 0 spiro atoms. The monoisotopic (exact) mass is 454 g/mol. The molecule has 5 nitrogen and oxygen atoms in total. The molecule has 2 amide bonds. The number of benzene rings is 3. The molecule has 0 unspecified atom stereocenters. The fraction of sp³-hybridized carbons (Fsp3) is 0.241. The molecular weight excluding hydrogens is 424 g/mol. The number of nitrogens with one attached hydrogen (secondary N) is 1. The third-order valence-electron chi connectivity index (χ3n) is 5.96. The van der Waals surface area contributed by atoms with Gasteiger partial charge in [-0.25, -0.2) is 4.90 Å². The number of nitrogens with zero attached hydrogens (tertiary/aromatic N) is 1. The molecule has 4 rings (SSSR count). The van der Waals surface area contributed by atoms with E-state index >= 15 is 0 Å². The van der Waals surface area contributed by atoms with Crippen LogP contribution < -0.4 is 15.0 Å². The Morgan fingerprint density at radius 2 is 1.53 bits per heavy atom. The van der Waals surface area contributed by atoms with Gasteiger partial charge in [0.25, 0.3) is 11.8 Å². The second-order valence-corrected chi connectivity index (χ2v) is 8.77. The van der Waals surface area contributed by atoms with Gasteiger partial charge in [-0.3, -0.25) is 9.59 Å². The van der Waals surface area contributed by atoms with E-state index in [-0.39, 0.29) is 11.6 Å². The lowest BCUT2D eigenvalue weighted by atomic mass is 9.97. The molecule has 5 heteroatoms. The van der Waals surface area contributed by atoms with E-state index in [1.54, 1.807) is 12.1 Å². The topological polar surface area (TPSA) is 58.6 Å². The molecule has 1 aliphatic rings. The molecule has 0 saturated heterocycles. The standard InChI is InChI=1S/C29H30N2O3/c1-6-15-34-25-10-8-7-9-24(25)31-28(32)26(22-14-12-18(2)16-21(22)5)27(29(31)33)30-23-17-19(3)11-13-20(23)4/h7-14,16-17,30H,6,15H2,1-5H3. The molecule has 1 N–H and O–H groups in total. The van der Waals surface area contributed by atoms with E-state index in [2.05, 4.69) is 5.32 Å². The van der Waals surface area contributed by atoms with E-state index in [4.69, 9.17) is 4.74 Å². The van der Waals surface area contributed by atoms with Crippen molar-refractivity contribution in [3.63, 3.8) is 0 Å². The molecule has 174 valence electrons. The smallest absolute Gasteiger partial charge is 0.282 e. The number of ether oxygens (including phenoxy) is 1. The molecule has 0 aromatic heterocycles. The van der Waals surface area contributed by atoms with Crippen LogP contribution in [0.5, 0.6) is 5.75 Å². The molecule has 0 saturated carbocycles. The summed E-state index contributed by atoms with van der Waals surface area (Å²) in [6, 6.07) is 19.1. The maximum Gasteiger partial charge on any atom is 0.282 e. The van der Waals surface area contributed by atoms with Crippen LogP contribution in [0.2, 0.25) is 0 Å². The van der Waals surface area contributed by atoms with Crippen molar-refractivity contribution in [2.24, 2.45) is 0 Å². The fourth-order valence-electron chi connectivity index (χ4n) is 4.19. The molecule has 1 heterocycles. The van der Waals surface area contributed by atoms with Gasteiger partial charge in [0.15, 0.2) is 0 Å². The number of hydrogen-bond donors (Lipinski definition) is 1. The van der Waals surface area contributed by atoms with Crippen molar-refractivity contribution < 1.29 is 14.3 Å². The number of rotatable bonds is 7. The van der Waals surface area contributed by atoms with Gasteiger partial charge in [0, 0.05) is 5.69 Å². The molecule has 0 fully saturated rings. The van der Waals surface area contributed by atoms with Crippen molar-refractivity contribution in [2.45, 2.75) is 41.0 Å². The Hall–Kier alpha value is -3.86. The predicted octanol–water partition coefficient (Wildman–Crippen LogP) is 6.11. The Kier molecular flexibility index (Phi) is 6.55. The molecule has 0 radical (unpaired) electrons. The van der Waals surface area contributed by atoms with Crippen molar-refractivity contribution in [1.29, 1.82) is 0 Å². The maximum atomic E-state index is 13.9. The fourth-order valence-corrected chi connectivity index (χ4v) is 4.19. The van der Waals surface area contributed by atoms with Crippen molar-refractivity contribution in [1.82, 2.24) is 0 Å². The number of aryl methyl sites for hydroxylation is 4. The summed E-state index contributed by atoms with van der Waals surface area (Å²) in [5, 5.41) is 3.31. The quantitative estimate of drug-likeness (QED) is 0.438. The largest absolute Gasteiger partial charge is 0.491 e. The van der Waals surface area contributed by atoms with Crippen LogP contribution in [0.3, 0.4) is 0 Å². The lowest BCUT2D eigenvalue weighted by molar-refractivity contribution is -0.120. The van der Waals surface area contributed by atoms with Gasteiger partial charge in [0.05, 0.1) is 17.9 Å².